The number of carbonyl (C=O) groups excluding carboxylic acids is 1. The fourth-order valence-corrected chi connectivity index (χ4v) is 1.38. The molecule has 0 saturated carbocycles. The van der Waals surface area contributed by atoms with Crippen molar-refractivity contribution in [3.8, 4) is 0 Å². The van der Waals surface area contributed by atoms with E-state index in [1.807, 2.05) is 13.8 Å². The van der Waals surface area contributed by atoms with Crippen LogP contribution in [0.4, 0.5) is 0 Å². The molecule has 0 radical (unpaired) electrons. The van der Waals surface area contributed by atoms with Gasteiger partial charge in [0.15, 0.2) is 5.78 Å². The molecule has 1 atom stereocenters. The van der Waals surface area contributed by atoms with Crippen molar-refractivity contribution in [2.75, 3.05) is 6.61 Å². The van der Waals surface area contributed by atoms with E-state index in [0.717, 1.165) is 6.42 Å². The van der Waals surface area contributed by atoms with E-state index >= 15 is 0 Å². The first-order valence-electron chi connectivity index (χ1n) is 5.08. The molecule has 0 spiro atoms. The number of carbonyl (C=O) groups is 1. The molecule has 0 aliphatic heterocycles. The zero-order chi connectivity index (χ0) is 11.5. The summed E-state index contributed by atoms with van der Waals surface area (Å²) in [6.45, 7) is 5.57. The van der Waals surface area contributed by atoms with Crippen LogP contribution >= 0.6 is 0 Å². The summed E-state index contributed by atoms with van der Waals surface area (Å²) in [5, 5.41) is 16.7. The normalized spacial score (nSPS) is 14.9. The van der Waals surface area contributed by atoms with Gasteiger partial charge in [-0.1, -0.05) is 12.1 Å². The molecule has 1 unspecified atom stereocenters. The van der Waals surface area contributed by atoms with Crippen molar-refractivity contribution in [3.05, 3.63) is 11.9 Å². The largest absolute Gasteiger partial charge is 0.396 e. The van der Waals surface area contributed by atoms with Crippen molar-refractivity contribution < 1.29 is 9.90 Å². The van der Waals surface area contributed by atoms with Crippen LogP contribution in [0.1, 0.15) is 44.1 Å². The molecule has 1 rings (SSSR count). The predicted octanol–water partition coefficient (Wildman–Crippen LogP) is 0.988. The highest BCUT2D eigenvalue weighted by atomic mass is 16.3. The molecule has 1 aromatic rings. The van der Waals surface area contributed by atoms with Gasteiger partial charge in [0, 0.05) is 13.5 Å². The van der Waals surface area contributed by atoms with Crippen LogP contribution in [0.15, 0.2) is 6.20 Å². The van der Waals surface area contributed by atoms with Crippen molar-refractivity contribution in [2.45, 2.75) is 39.2 Å². The molecule has 0 fully saturated rings. The number of hydrogen-bond acceptors (Lipinski definition) is 4. The predicted molar refractivity (Wildman–Crippen MR) is 55.7 cm³/mol. The molecule has 0 amide bonds. The molecular formula is C10H17N3O2. The first kappa shape index (κ1) is 11.8. The van der Waals surface area contributed by atoms with E-state index < -0.39 is 0 Å². The fourth-order valence-electron chi connectivity index (χ4n) is 1.38. The number of aliphatic hydroxyl groups excluding tert-OH is 1. The smallest absolute Gasteiger partial charge is 0.181 e. The summed E-state index contributed by atoms with van der Waals surface area (Å²) in [6, 6.07) is 0. The van der Waals surface area contributed by atoms with Crippen LogP contribution in [-0.4, -0.2) is 32.5 Å². The van der Waals surface area contributed by atoms with E-state index in [9.17, 15) is 4.79 Å². The van der Waals surface area contributed by atoms with Gasteiger partial charge in [-0.3, -0.25) is 4.79 Å². The van der Waals surface area contributed by atoms with Gasteiger partial charge in [-0.15, -0.1) is 5.10 Å². The van der Waals surface area contributed by atoms with Gasteiger partial charge < -0.3 is 5.11 Å². The van der Waals surface area contributed by atoms with Crippen LogP contribution < -0.4 is 0 Å². The van der Waals surface area contributed by atoms with Gasteiger partial charge >= 0.3 is 0 Å². The van der Waals surface area contributed by atoms with E-state index in [0.29, 0.717) is 12.1 Å². The van der Waals surface area contributed by atoms with Gasteiger partial charge in [-0.2, -0.15) is 0 Å². The lowest BCUT2D eigenvalue weighted by molar-refractivity contribution is 0.101. The topological polar surface area (TPSA) is 68.0 Å². The molecule has 1 N–H and O–H groups in total. The standard InChI is InChI=1S/C10H17N3O2/c1-4-10(3,5-6-14)13-7-9(8(2)15)11-12-13/h7,14H,4-6H2,1-3H3. The van der Waals surface area contributed by atoms with Gasteiger partial charge in [-0.05, 0) is 19.8 Å². The molecule has 5 nitrogen and oxygen atoms in total. The highest BCUT2D eigenvalue weighted by Crippen LogP contribution is 2.23. The Morgan fingerprint density at radius 2 is 2.33 bits per heavy atom. The van der Waals surface area contributed by atoms with Crippen molar-refractivity contribution in [3.63, 3.8) is 0 Å². The third-order valence-electron chi connectivity index (χ3n) is 2.82. The minimum absolute atomic E-state index is 0.0938. The van der Waals surface area contributed by atoms with Crippen LogP contribution in [0.3, 0.4) is 0 Å². The summed E-state index contributed by atoms with van der Waals surface area (Å²) in [6.07, 6.45) is 3.07. The number of hydrogen-bond donors (Lipinski definition) is 1. The summed E-state index contributed by atoms with van der Waals surface area (Å²) >= 11 is 0. The highest BCUT2D eigenvalue weighted by Gasteiger charge is 2.25. The Balaban J connectivity index is 2.97. The first-order chi connectivity index (χ1) is 7.03. The summed E-state index contributed by atoms with van der Waals surface area (Å²) in [5.41, 5.74) is 0.0998. The number of aromatic nitrogens is 3. The lowest BCUT2D eigenvalue weighted by atomic mass is 9.95. The average molecular weight is 211 g/mol. The zero-order valence-electron chi connectivity index (χ0n) is 9.40. The van der Waals surface area contributed by atoms with Crippen LogP contribution in [0.2, 0.25) is 0 Å². The Morgan fingerprint density at radius 3 is 2.73 bits per heavy atom. The van der Waals surface area contributed by atoms with Crippen molar-refractivity contribution >= 4 is 5.78 Å². The summed E-state index contributed by atoms with van der Waals surface area (Å²) in [5.74, 6) is -0.0938. The maximum absolute atomic E-state index is 11.1. The van der Waals surface area contributed by atoms with E-state index in [-0.39, 0.29) is 17.9 Å². The monoisotopic (exact) mass is 211 g/mol. The number of ketones is 1. The van der Waals surface area contributed by atoms with E-state index in [1.54, 1.807) is 10.9 Å². The third kappa shape index (κ3) is 2.41. The van der Waals surface area contributed by atoms with E-state index in [4.69, 9.17) is 5.11 Å². The summed E-state index contributed by atoms with van der Waals surface area (Å²) in [4.78, 5) is 11.1. The number of aliphatic hydroxyl groups is 1. The van der Waals surface area contributed by atoms with Crippen LogP contribution in [0, 0.1) is 0 Å². The van der Waals surface area contributed by atoms with Crippen molar-refractivity contribution in [1.29, 1.82) is 0 Å². The minimum atomic E-state index is -0.268. The van der Waals surface area contributed by atoms with Crippen molar-refractivity contribution in [2.24, 2.45) is 0 Å². The lowest BCUT2D eigenvalue weighted by Crippen LogP contribution is -2.31. The fraction of sp³-hybridized carbons (Fsp3) is 0.700. The SMILES string of the molecule is CCC(C)(CCO)n1cc(C(C)=O)nn1. The Labute approximate surface area is 89.1 Å². The van der Waals surface area contributed by atoms with E-state index in [1.165, 1.54) is 6.92 Å². The number of rotatable bonds is 5. The average Bonchev–Trinajstić information content (AvgIpc) is 2.67. The van der Waals surface area contributed by atoms with Gasteiger partial charge in [-0.25, -0.2) is 4.68 Å². The molecule has 1 heterocycles. The lowest BCUT2D eigenvalue weighted by Gasteiger charge is -2.27. The van der Waals surface area contributed by atoms with Crippen molar-refractivity contribution in [1.82, 2.24) is 15.0 Å². The number of nitrogens with zero attached hydrogens (tertiary/aromatic N) is 3. The molecule has 0 bridgehead atoms. The second-order valence-electron chi connectivity index (χ2n) is 3.93. The summed E-state index contributed by atoms with van der Waals surface area (Å²) < 4.78 is 1.67. The molecule has 84 valence electrons. The first-order valence-corrected chi connectivity index (χ1v) is 5.08. The minimum Gasteiger partial charge on any atom is -0.396 e. The highest BCUT2D eigenvalue weighted by molar-refractivity contribution is 5.91. The Morgan fingerprint density at radius 1 is 1.67 bits per heavy atom. The zero-order valence-corrected chi connectivity index (χ0v) is 9.40. The maximum Gasteiger partial charge on any atom is 0.181 e. The van der Waals surface area contributed by atoms with Crippen LogP contribution in [0.5, 0.6) is 0 Å². The molecule has 0 aromatic carbocycles. The van der Waals surface area contributed by atoms with Gasteiger partial charge in [0.05, 0.1) is 11.7 Å². The molecule has 1 aromatic heterocycles. The second-order valence-corrected chi connectivity index (χ2v) is 3.93. The molecule has 5 heteroatoms. The molecular weight excluding hydrogens is 194 g/mol. The number of Topliss-reactive ketones (excluding diaryl/α,β-unsaturated/α-hetero) is 1. The Hall–Kier alpha value is -1.23. The molecule has 15 heavy (non-hydrogen) atoms. The molecule has 0 aliphatic rings. The Kier molecular flexibility index (Phi) is 3.57. The van der Waals surface area contributed by atoms with Crippen LogP contribution in [-0.2, 0) is 5.54 Å². The van der Waals surface area contributed by atoms with E-state index in [2.05, 4.69) is 10.3 Å². The van der Waals surface area contributed by atoms with Crippen LogP contribution in [0.25, 0.3) is 0 Å². The molecule has 0 saturated heterocycles. The van der Waals surface area contributed by atoms with Gasteiger partial charge in [0.1, 0.15) is 5.69 Å². The molecule has 0 aliphatic carbocycles. The van der Waals surface area contributed by atoms with Gasteiger partial charge in [0.2, 0.25) is 0 Å². The Bertz CT molecular complexity index is 348. The van der Waals surface area contributed by atoms with Gasteiger partial charge in [0.25, 0.3) is 0 Å². The quantitative estimate of drug-likeness (QED) is 0.737. The summed E-state index contributed by atoms with van der Waals surface area (Å²) in [7, 11) is 0. The maximum atomic E-state index is 11.1. The second kappa shape index (κ2) is 4.53. The third-order valence-corrected chi connectivity index (χ3v) is 2.82.